The summed E-state index contributed by atoms with van der Waals surface area (Å²) < 4.78 is 42.4. The van der Waals surface area contributed by atoms with Gasteiger partial charge in [-0.3, -0.25) is 0 Å². The lowest BCUT2D eigenvalue weighted by molar-refractivity contribution is -0.274. The van der Waals surface area contributed by atoms with Crippen LogP contribution in [-0.4, -0.2) is 37.0 Å². The molecule has 0 unspecified atom stereocenters. The van der Waals surface area contributed by atoms with Crippen molar-refractivity contribution in [3.63, 3.8) is 0 Å². The SMILES string of the molecule is CN(C)C[C@@H]1C(c2cc(O)ccc2OC(F)(F)F)=CC2=CC[C@H]1C2. The standard InChI is InChI=1S/C18H20F3NO2/c1-22(2)10-16-12-4-3-11(7-12)8-14(16)15-9-13(23)5-6-17(15)24-18(19,20)21/h3,5-6,8-9,12,16,23H,4,7,10H2,1-2H3/t12-,16-/m0/s1. The number of fused-ring (bicyclic) bond motifs is 2. The molecule has 1 aromatic rings. The molecule has 6 heteroatoms. The van der Waals surface area contributed by atoms with E-state index in [1.54, 1.807) is 0 Å². The lowest BCUT2D eigenvalue weighted by atomic mass is 9.76. The Balaban J connectivity index is 2.05. The Kier molecular flexibility index (Phi) is 4.34. The van der Waals surface area contributed by atoms with Gasteiger partial charge in [0.15, 0.2) is 0 Å². The Bertz CT molecular complexity index is 692. The largest absolute Gasteiger partial charge is 0.573 e. The predicted octanol–water partition coefficient (Wildman–Crippen LogP) is 4.20. The normalized spacial score (nSPS) is 23.2. The van der Waals surface area contributed by atoms with Crippen LogP contribution >= 0.6 is 0 Å². The van der Waals surface area contributed by atoms with Crippen molar-refractivity contribution >= 4 is 5.57 Å². The van der Waals surface area contributed by atoms with Gasteiger partial charge in [0, 0.05) is 18.0 Å². The average Bonchev–Trinajstić information content (AvgIpc) is 2.85. The van der Waals surface area contributed by atoms with Crippen molar-refractivity contribution in [2.45, 2.75) is 19.2 Å². The Hall–Kier alpha value is -1.95. The summed E-state index contributed by atoms with van der Waals surface area (Å²) in [7, 11) is 3.90. The van der Waals surface area contributed by atoms with E-state index in [-0.39, 0.29) is 17.4 Å². The first kappa shape index (κ1) is 16.9. The minimum absolute atomic E-state index is 0.0732. The summed E-state index contributed by atoms with van der Waals surface area (Å²) in [4.78, 5) is 2.04. The molecule has 1 N–H and O–H groups in total. The molecule has 0 aliphatic heterocycles. The molecular weight excluding hydrogens is 319 g/mol. The molecule has 0 fully saturated rings. The maximum Gasteiger partial charge on any atom is 0.573 e. The lowest BCUT2D eigenvalue weighted by Gasteiger charge is -2.33. The van der Waals surface area contributed by atoms with Crippen LogP contribution in [-0.2, 0) is 0 Å². The number of hydrogen-bond donors (Lipinski definition) is 1. The topological polar surface area (TPSA) is 32.7 Å². The number of halogens is 3. The second kappa shape index (κ2) is 6.16. The molecule has 0 saturated heterocycles. The van der Waals surface area contributed by atoms with E-state index in [0.29, 0.717) is 11.5 Å². The van der Waals surface area contributed by atoms with Gasteiger partial charge in [-0.1, -0.05) is 17.7 Å². The molecule has 24 heavy (non-hydrogen) atoms. The first-order valence-electron chi connectivity index (χ1n) is 7.87. The third kappa shape index (κ3) is 3.59. The zero-order valence-corrected chi connectivity index (χ0v) is 13.6. The van der Waals surface area contributed by atoms with Crippen LogP contribution in [0.5, 0.6) is 11.5 Å². The summed E-state index contributed by atoms with van der Waals surface area (Å²) in [6.07, 6.45) is 1.22. The van der Waals surface area contributed by atoms with Crippen LogP contribution in [0.3, 0.4) is 0 Å². The van der Waals surface area contributed by atoms with E-state index in [1.165, 1.54) is 18.2 Å². The Morgan fingerprint density at radius 1 is 1.29 bits per heavy atom. The maximum absolute atomic E-state index is 12.7. The minimum atomic E-state index is -4.77. The van der Waals surface area contributed by atoms with Crippen molar-refractivity contribution in [2.24, 2.45) is 11.8 Å². The first-order chi connectivity index (χ1) is 11.2. The number of benzene rings is 1. The van der Waals surface area contributed by atoms with Crippen LogP contribution in [0.25, 0.3) is 5.57 Å². The van der Waals surface area contributed by atoms with Gasteiger partial charge in [-0.05, 0) is 56.6 Å². The molecule has 0 spiro atoms. The molecule has 2 aliphatic carbocycles. The van der Waals surface area contributed by atoms with Gasteiger partial charge in [0.1, 0.15) is 11.5 Å². The fraction of sp³-hybridized carbons (Fsp3) is 0.444. The van der Waals surface area contributed by atoms with Crippen molar-refractivity contribution in [1.82, 2.24) is 4.90 Å². The van der Waals surface area contributed by atoms with E-state index in [2.05, 4.69) is 10.8 Å². The Morgan fingerprint density at radius 3 is 2.71 bits per heavy atom. The van der Waals surface area contributed by atoms with Crippen molar-refractivity contribution in [1.29, 1.82) is 0 Å². The molecule has 0 radical (unpaired) electrons. The molecule has 0 aromatic heterocycles. The van der Waals surface area contributed by atoms with Gasteiger partial charge in [0.2, 0.25) is 0 Å². The highest BCUT2D eigenvalue weighted by Gasteiger charge is 2.37. The summed E-state index contributed by atoms with van der Waals surface area (Å²) in [5.41, 5.74) is 2.27. The Labute approximate surface area is 139 Å². The van der Waals surface area contributed by atoms with E-state index >= 15 is 0 Å². The second-order valence-electron chi connectivity index (χ2n) is 6.68. The van der Waals surface area contributed by atoms with Crippen LogP contribution in [0.15, 0.2) is 35.9 Å². The van der Waals surface area contributed by atoms with Gasteiger partial charge in [0.25, 0.3) is 0 Å². The van der Waals surface area contributed by atoms with Crippen molar-refractivity contribution in [2.75, 3.05) is 20.6 Å². The quantitative estimate of drug-likeness (QED) is 0.892. The molecule has 3 rings (SSSR count). The molecule has 0 heterocycles. The number of allylic oxidation sites excluding steroid dienone is 3. The highest BCUT2D eigenvalue weighted by Crippen LogP contribution is 2.47. The number of aromatic hydroxyl groups is 1. The van der Waals surface area contributed by atoms with Crippen LogP contribution in [0, 0.1) is 11.8 Å². The van der Waals surface area contributed by atoms with Gasteiger partial charge in [-0.25, -0.2) is 0 Å². The highest BCUT2D eigenvalue weighted by atomic mass is 19.4. The van der Waals surface area contributed by atoms with Crippen molar-refractivity contribution in [3.8, 4) is 11.5 Å². The molecule has 2 bridgehead atoms. The number of nitrogens with zero attached hydrogens (tertiary/aromatic N) is 1. The fourth-order valence-corrected chi connectivity index (χ4v) is 3.63. The maximum atomic E-state index is 12.7. The lowest BCUT2D eigenvalue weighted by Crippen LogP contribution is -2.29. The number of alkyl halides is 3. The van der Waals surface area contributed by atoms with E-state index < -0.39 is 6.36 Å². The number of hydrogen-bond acceptors (Lipinski definition) is 3. The Morgan fingerprint density at radius 2 is 2.04 bits per heavy atom. The minimum Gasteiger partial charge on any atom is -0.508 e. The van der Waals surface area contributed by atoms with Crippen LogP contribution < -0.4 is 4.74 Å². The van der Waals surface area contributed by atoms with Gasteiger partial charge in [0.05, 0.1) is 0 Å². The first-order valence-corrected chi connectivity index (χ1v) is 7.87. The molecule has 0 saturated carbocycles. The number of rotatable bonds is 4. The third-order valence-electron chi connectivity index (χ3n) is 4.55. The van der Waals surface area contributed by atoms with Gasteiger partial charge in [-0.2, -0.15) is 0 Å². The van der Waals surface area contributed by atoms with Crippen molar-refractivity contribution < 1.29 is 23.0 Å². The monoisotopic (exact) mass is 339 g/mol. The summed E-state index contributed by atoms with van der Waals surface area (Å²) >= 11 is 0. The van der Waals surface area contributed by atoms with E-state index in [4.69, 9.17) is 0 Å². The molecule has 2 atom stereocenters. The van der Waals surface area contributed by atoms with Crippen LogP contribution in [0.4, 0.5) is 13.2 Å². The summed E-state index contributed by atoms with van der Waals surface area (Å²) in [5.74, 6) is 0.136. The number of ether oxygens (including phenoxy) is 1. The zero-order valence-electron chi connectivity index (χ0n) is 13.6. The number of phenols is 1. The predicted molar refractivity (Wildman–Crippen MR) is 85.6 cm³/mol. The van der Waals surface area contributed by atoms with Gasteiger partial charge in [-0.15, -0.1) is 13.2 Å². The second-order valence-corrected chi connectivity index (χ2v) is 6.68. The molecular formula is C18H20F3NO2. The smallest absolute Gasteiger partial charge is 0.508 e. The van der Waals surface area contributed by atoms with E-state index in [0.717, 1.165) is 30.5 Å². The molecule has 0 amide bonds. The highest BCUT2D eigenvalue weighted by molar-refractivity contribution is 5.77. The molecule has 2 aliphatic rings. The third-order valence-corrected chi connectivity index (χ3v) is 4.55. The summed E-state index contributed by atoms with van der Waals surface area (Å²) in [6, 6.07) is 3.75. The van der Waals surface area contributed by atoms with E-state index in [1.807, 2.05) is 25.1 Å². The molecule has 3 nitrogen and oxygen atoms in total. The molecule has 130 valence electrons. The van der Waals surface area contributed by atoms with E-state index in [9.17, 15) is 18.3 Å². The van der Waals surface area contributed by atoms with Gasteiger partial charge >= 0.3 is 6.36 Å². The zero-order chi connectivity index (χ0) is 17.5. The van der Waals surface area contributed by atoms with Crippen molar-refractivity contribution in [3.05, 3.63) is 41.5 Å². The molecule has 1 aromatic carbocycles. The van der Waals surface area contributed by atoms with Crippen LogP contribution in [0.1, 0.15) is 18.4 Å². The van der Waals surface area contributed by atoms with Crippen LogP contribution in [0.2, 0.25) is 0 Å². The fourth-order valence-electron chi connectivity index (χ4n) is 3.63. The summed E-state index contributed by atoms with van der Waals surface area (Å²) in [6.45, 7) is 0.735. The number of phenolic OH excluding ortho intramolecular Hbond substituents is 1. The summed E-state index contributed by atoms with van der Waals surface area (Å²) in [5, 5.41) is 9.79. The van der Waals surface area contributed by atoms with Gasteiger partial charge < -0.3 is 14.7 Å². The average molecular weight is 339 g/mol.